The van der Waals surface area contributed by atoms with E-state index in [1.165, 1.54) is 0 Å². The summed E-state index contributed by atoms with van der Waals surface area (Å²) in [6.07, 6.45) is 1.55. The predicted molar refractivity (Wildman–Crippen MR) is 75.9 cm³/mol. The van der Waals surface area contributed by atoms with Crippen molar-refractivity contribution in [2.75, 3.05) is 11.9 Å². The molecule has 1 aromatic carbocycles. The van der Waals surface area contributed by atoms with Crippen molar-refractivity contribution in [2.24, 2.45) is 0 Å². The van der Waals surface area contributed by atoms with Crippen molar-refractivity contribution >= 4 is 15.7 Å². The summed E-state index contributed by atoms with van der Waals surface area (Å²) >= 11 is 0. The molecule has 0 bridgehead atoms. The summed E-state index contributed by atoms with van der Waals surface area (Å²) < 4.78 is 32.3. The van der Waals surface area contributed by atoms with Crippen LogP contribution in [0.15, 0.2) is 39.8 Å². The van der Waals surface area contributed by atoms with Crippen molar-refractivity contribution in [1.29, 1.82) is 0 Å². The molecule has 0 aliphatic heterocycles. The number of sulfonamides is 1. The van der Waals surface area contributed by atoms with Crippen LogP contribution in [0.2, 0.25) is 0 Å². The molecule has 0 aliphatic rings. The van der Waals surface area contributed by atoms with Gasteiger partial charge >= 0.3 is 0 Å². The van der Waals surface area contributed by atoms with Crippen molar-refractivity contribution < 1.29 is 12.8 Å². The molecular formula is C13H17N3O3S. The largest absolute Gasteiger partial charge is 0.445 e. The van der Waals surface area contributed by atoms with E-state index in [0.717, 1.165) is 0 Å². The second-order valence-corrected chi connectivity index (χ2v) is 5.95. The lowest BCUT2D eigenvalue weighted by molar-refractivity contribution is 0.463. The van der Waals surface area contributed by atoms with Gasteiger partial charge < -0.3 is 9.73 Å². The molecule has 0 saturated carbocycles. The zero-order chi connectivity index (χ0) is 14.6. The molecule has 1 aromatic heterocycles. The Morgan fingerprint density at radius 3 is 2.70 bits per heavy atom. The summed E-state index contributed by atoms with van der Waals surface area (Å²) in [5.41, 5.74) is 0.575. The van der Waals surface area contributed by atoms with Crippen LogP contribution in [0.5, 0.6) is 0 Å². The summed E-state index contributed by atoms with van der Waals surface area (Å²) in [7, 11) is -3.61. The van der Waals surface area contributed by atoms with E-state index in [2.05, 4.69) is 15.0 Å². The zero-order valence-electron chi connectivity index (χ0n) is 11.4. The quantitative estimate of drug-likeness (QED) is 0.850. The molecule has 0 radical (unpaired) electrons. The predicted octanol–water partition coefficient (Wildman–Crippen LogP) is 1.89. The minimum Gasteiger partial charge on any atom is -0.445 e. The molecule has 0 aliphatic carbocycles. The van der Waals surface area contributed by atoms with Gasteiger partial charge in [-0.05, 0) is 26.0 Å². The monoisotopic (exact) mass is 295 g/mol. The molecule has 7 heteroatoms. The van der Waals surface area contributed by atoms with Crippen LogP contribution < -0.4 is 10.0 Å². The van der Waals surface area contributed by atoms with Crippen LogP contribution in [-0.4, -0.2) is 19.9 Å². The minimum atomic E-state index is -3.61. The molecule has 0 amide bonds. The van der Waals surface area contributed by atoms with Crippen LogP contribution in [0, 0.1) is 6.92 Å². The van der Waals surface area contributed by atoms with Gasteiger partial charge in [0.25, 0.3) is 0 Å². The first-order chi connectivity index (χ1) is 9.53. The van der Waals surface area contributed by atoms with Gasteiger partial charge in [0.2, 0.25) is 15.9 Å². The van der Waals surface area contributed by atoms with E-state index in [1.54, 1.807) is 37.4 Å². The number of anilines is 1. The number of oxazole rings is 1. The molecule has 2 N–H and O–H groups in total. The van der Waals surface area contributed by atoms with Crippen molar-refractivity contribution in [3.63, 3.8) is 0 Å². The molecule has 20 heavy (non-hydrogen) atoms. The Kier molecular flexibility index (Phi) is 4.41. The van der Waals surface area contributed by atoms with Crippen molar-refractivity contribution in [3.8, 4) is 0 Å². The van der Waals surface area contributed by atoms with E-state index in [4.69, 9.17) is 4.42 Å². The highest BCUT2D eigenvalue weighted by atomic mass is 32.2. The smallest absolute Gasteiger partial charge is 0.243 e. The number of hydrogen-bond acceptors (Lipinski definition) is 5. The fourth-order valence-corrected chi connectivity index (χ4v) is 2.91. The Labute approximate surface area is 118 Å². The van der Waals surface area contributed by atoms with Gasteiger partial charge in [-0.15, -0.1) is 0 Å². The number of nitrogens with one attached hydrogen (secondary N) is 2. The maximum atomic E-state index is 12.3. The number of aryl methyl sites for hydroxylation is 1. The van der Waals surface area contributed by atoms with Gasteiger partial charge in [-0.2, -0.15) is 0 Å². The van der Waals surface area contributed by atoms with E-state index in [1.807, 2.05) is 6.92 Å². The summed E-state index contributed by atoms with van der Waals surface area (Å²) in [5, 5.41) is 3.03. The van der Waals surface area contributed by atoms with E-state index in [9.17, 15) is 8.42 Å². The van der Waals surface area contributed by atoms with Crippen LogP contribution in [0.25, 0.3) is 0 Å². The Morgan fingerprint density at radius 2 is 2.05 bits per heavy atom. The third kappa shape index (κ3) is 3.37. The molecule has 0 fully saturated rings. The van der Waals surface area contributed by atoms with Gasteiger partial charge in [0.1, 0.15) is 10.7 Å². The lowest BCUT2D eigenvalue weighted by atomic mass is 10.3. The Morgan fingerprint density at radius 1 is 1.30 bits per heavy atom. The van der Waals surface area contributed by atoms with Gasteiger partial charge in [0.05, 0.1) is 18.4 Å². The molecular weight excluding hydrogens is 278 g/mol. The van der Waals surface area contributed by atoms with E-state index >= 15 is 0 Å². The highest BCUT2D eigenvalue weighted by Crippen LogP contribution is 2.20. The number of nitrogens with zero attached hydrogens (tertiary/aromatic N) is 1. The second kappa shape index (κ2) is 6.06. The van der Waals surface area contributed by atoms with Gasteiger partial charge in [0.15, 0.2) is 0 Å². The van der Waals surface area contributed by atoms with Crippen LogP contribution in [0.3, 0.4) is 0 Å². The lowest BCUT2D eigenvalue weighted by Crippen LogP contribution is -2.24. The lowest BCUT2D eigenvalue weighted by Gasteiger charge is -2.11. The zero-order valence-corrected chi connectivity index (χ0v) is 12.2. The summed E-state index contributed by atoms with van der Waals surface area (Å²) in [6, 6.07) is 6.76. The van der Waals surface area contributed by atoms with Crippen molar-refractivity contribution in [3.05, 3.63) is 42.1 Å². The molecule has 1 heterocycles. The number of hydrogen-bond donors (Lipinski definition) is 2. The van der Waals surface area contributed by atoms with Gasteiger partial charge in [0, 0.05) is 6.54 Å². The maximum absolute atomic E-state index is 12.3. The van der Waals surface area contributed by atoms with Crippen molar-refractivity contribution in [1.82, 2.24) is 9.71 Å². The van der Waals surface area contributed by atoms with Gasteiger partial charge in [-0.1, -0.05) is 12.1 Å². The molecule has 0 unspecified atom stereocenters. The van der Waals surface area contributed by atoms with Crippen molar-refractivity contribution in [2.45, 2.75) is 25.3 Å². The first-order valence-corrected chi connectivity index (χ1v) is 7.75. The van der Waals surface area contributed by atoms with Crippen LogP contribution in [0.4, 0.5) is 5.69 Å². The first-order valence-electron chi connectivity index (χ1n) is 6.27. The van der Waals surface area contributed by atoms with E-state index < -0.39 is 10.0 Å². The number of benzene rings is 1. The molecule has 2 aromatic rings. The number of rotatable bonds is 6. The standard InChI is InChI=1S/C13H17N3O3S/c1-3-14-11-6-4-5-7-12(11)20(17,18)16-9-13-15-8-10(2)19-13/h4-8,14,16H,3,9H2,1-2H3. The Balaban J connectivity index is 2.18. The topological polar surface area (TPSA) is 84.2 Å². The van der Waals surface area contributed by atoms with E-state index in [0.29, 0.717) is 23.9 Å². The molecule has 0 saturated heterocycles. The highest BCUT2D eigenvalue weighted by molar-refractivity contribution is 7.89. The van der Waals surface area contributed by atoms with Gasteiger partial charge in [-0.25, -0.2) is 18.1 Å². The molecule has 108 valence electrons. The molecule has 6 nitrogen and oxygen atoms in total. The van der Waals surface area contributed by atoms with Crippen LogP contribution in [-0.2, 0) is 16.6 Å². The minimum absolute atomic E-state index is 0.0244. The molecule has 2 rings (SSSR count). The Hall–Kier alpha value is -1.86. The van der Waals surface area contributed by atoms with Crippen LogP contribution in [0.1, 0.15) is 18.6 Å². The first kappa shape index (κ1) is 14.5. The molecule has 0 spiro atoms. The fourth-order valence-electron chi connectivity index (χ4n) is 1.76. The van der Waals surface area contributed by atoms with Gasteiger partial charge in [-0.3, -0.25) is 0 Å². The summed E-state index contributed by atoms with van der Waals surface area (Å²) in [5.74, 6) is 0.985. The number of para-hydroxylation sites is 1. The third-order valence-electron chi connectivity index (χ3n) is 2.63. The average molecular weight is 295 g/mol. The third-order valence-corrected chi connectivity index (χ3v) is 4.09. The summed E-state index contributed by atoms with van der Waals surface area (Å²) in [6.45, 7) is 4.33. The normalized spacial score (nSPS) is 11.5. The SMILES string of the molecule is CCNc1ccccc1S(=O)(=O)NCc1ncc(C)o1. The van der Waals surface area contributed by atoms with Crippen LogP contribution >= 0.6 is 0 Å². The second-order valence-electron chi connectivity index (χ2n) is 4.22. The average Bonchev–Trinajstić information content (AvgIpc) is 2.83. The Bertz CT molecular complexity index is 680. The summed E-state index contributed by atoms with van der Waals surface area (Å²) in [4.78, 5) is 4.18. The van der Waals surface area contributed by atoms with E-state index in [-0.39, 0.29) is 11.4 Å². The highest BCUT2D eigenvalue weighted by Gasteiger charge is 2.18. The fraction of sp³-hybridized carbons (Fsp3) is 0.308. The number of aromatic nitrogens is 1. The maximum Gasteiger partial charge on any atom is 0.243 e. The molecule has 0 atom stereocenters.